The number of amides is 2. The molecule has 0 unspecified atom stereocenters. The molecule has 184 valence electrons. The fourth-order valence-corrected chi connectivity index (χ4v) is 7.12. The number of likely N-dealkylation sites (N-methyl/N-ethyl adjacent to an activating group) is 1. The van der Waals surface area contributed by atoms with Crippen molar-refractivity contribution in [3.63, 3.8) is 0 Å². The van der Waals surface area contributed by atoms with Gasteiger partial charge in [-0.05, 0) is 30.5 Å². The van der Waals surface area contributed by atoms with Gasteiger partial charge in [0, 0.05) is 12.1 Å². The number of hydrogen-bond donors (Lipinski definition) is 2. The highest BCUT2D eigenvalue weighted by atomic mass is 35.5. The zero-order chi connectivity index (χ0) is 24.8. The average molecular weight is 530 g/mol. The Morgan fingerprint density at radius 1 is 1.18 bits per heavy atom. The van der Waals surface area contributed by atoms with Gasteiger partial charge in [0.15, 0.2) is 12.1 Å². The van der Waals surface area contributed by atoms with E-state index in [1.807, 2.05) is 20.9 Å². The number of nitrogens with one attached hydrogen (secondary N) is 2. The molecule has 0 aliphatic carbocycles. The van der Waals surface area contributed by atoms with Crippen molar-refractivity contribution in [3.8, 4) is 0 Å². The quantitative estimate of drug-likeness (QED) is 0.518. The lowest BCUT2D eigenvalue weighted by molar-refractivity contribution is -0.840. The van der Waals surface area contributed by atoms with E-state index < -0.39 is 48.5 Å². The van der Waals surface area contributed by atoms with Crippen LogP contribution in [0.3, 0.4) is 0 Å². The van der Waals surface area contributed by atoms with Crippen molar-refractivity contribution in [3.05, 3.63) is 33.8 Å². The van der Waals surface area contributed by atoms with Crippen molar-refractivity contribution in [2.75, 3.05) is 25.1 Å². The third-order valence-corrected chi connectivity index (χ3v) is 8.61. The molecule has 0 bridgehead atoms. The molecule has 0 saturated carbocycles. The first-order valence-corrected chi connectivity index (χ1v) is 13.0. The molecule has 9 nitrogen and oxygen atoms in total. The maximum Gasteiger partial charge on any atom is 0.605 e. The van der Waals surface area contributed by atoms with E-state index in [-0.39, 0.29) is 27.4 Å². The molecule has 3 heterocycles. The average Bonchev–Trinajstić information content (AvgIpc) is 3.13. The Balaban J connectivity index is 1.54. The van der Waals surface area contributed by atoms with Crippen LogP contribution in [0.4, 0.5) is 0 Å². The molecule has 3 fully saturated rings. The monoisotopic (exact) mass is 529 g/mol. The first-order chi connectivity index (χ1) is 16.0. The fraction of sp³-hybridized carbons (Fsp3) is 0.524. The van der Waals surface area contributed by atoms with Gasteiger partial charge in [-0.25, -0.2) is 9.59 Å². The lowest BCUT2D eigenvalue weighted by Crippen LogP contribution is -2.76. The molecule has 0 aromatic heterocycles. The second-order valence-electron chi connectivity index (χ2n) is 9.50. The molecule has 1 aromatic carbocycles. The molecule has 2 amide bonds. The van der Waals surface area contributed by atoms with Gasteiger partial charge in [0.05, 0.1) is 34.6 Å². The van der Waals surface area contributed by atoms with Crippen LogP contribution in [0.15, 0.2) is 18.2 Å². The number of rotatable bonds is 7. The van der Waals surface area contributed by atoms with Gasteiger partial charge < -0.3 is 24.3 Å². The molecular formula is C21H26BCl2N3O6S. The summed E-state index contributed by atoms with van der Waals surface area (Å²) < 4.78 is 11.7. The Hall–Kier alpha value is -1.95. The number of quaternary nitrogens is 1. The molecule has 3 aliphatic rings. The number of benzene rings is 1. The minimum Gasteiger partial charge on any atom is -0.599 e. The van der Waals surface area contributed by atoms with Gasteiger partial charge in [0.25, 0.3) is 5.91 Å². The van der Waals surface area contributed by atoms with Crippen LogP contribution >= 0.6 is 35.0 Å². The number of carbonyl (C=O) groups excluding carboxylic acids is 4. The van der Waals surface area contributed by atoms with Gasteiger partial charge in [-0.3, -0.25) is 9.59 Å². The fourth-order valence-electron chi connectivity index (χ4n) is 5.24. The second-order valence-corrected chi connectivity index (χ2v) is 11.4. The van der Waals surface area contributed by atoms with Crippen LogP contribution in [0.25, 0.3) is 0 Å². The number of thioether (sulfide) groups is 1. The predicted octanol–water partition coefficient (Wildman–Crippen LogP) is 1.78. The summed E-state index contributed by atoms with van der Waals surface area (Å²) in [5, 5.41) is 5.95. The topological polar surface area (TPSA) is 111 Å². The largest absolute Gasteiger partial charge is 0.605 e. The van der Waals surface area contributed by atoms with Gasteiger partial charge >= 0.3 is 18.6 Å². The molecule has 0 radical (unpaired) electrons. The normalized spacial score (nSPS) is 30.4. The highest BCUT2D eigenvalue weighted by Gasteiger charge is 2.77. The standard InChI is InChI=1S/C21H26BCl2N3O6S/c1-11(2)6-17(26-18(28)8-25-19(29)13-7-12(23)4-5-14(13)24)22-27(3)15(20(30)32-22)9-34-10-16(27)21(31)33-22/h4-5,7,11,15-17H,6,8-10H2,1-3H3,(H,25,29)(H,26,28)/t15-,16-,17+,22?,27?/m1/s1. The zero-order valence-corrected chi connectivity index (χ0v) is 21.3. The molecule has 13 heteroatoms. The van der Waals surface area contributed by atoms with Crippen LogP contribution in [0.5, 0.6) is 0 Å². The van der Waals surface area contributed by atoms with Crippen molar-refractivity contribution < 1.29 is 32.9 Å². The molecule has 3 aliphatic heterocycles. The van der Waals surface area contributed by atoms with Gasteiger partial charge in [-0.15, -0.1) is 11.8 Å². The highest BCUT2D eigenvalue weighted by molar-refractivity contribution is 7.99. The highest BCUT2D eigenvalue weighted by Crippen LogP contribution is 2.48. The number of hydrogen-bond acceptors (Lipinski definition) is 7. The Morgan fingerprint density at radius 2 is 1.79 bits per heavy atom. The Kier molecular flexibility index (Phi) is 6.85. The SMILES string of the molecule is CC(C)C[C@H](NC(=O)CNC(=O)c1cc(Cl)ccc1Cl)[B-]12OC(=O)[C@H]3CSC[C@H](C(=O)O1)[N+]32C. The summed E-state index contributed by atoms with van der Waals surface area (Å²) in [6.07, 6.45) is 0.417. The van der Waals surface area contributed by atoms with Crippen molar-refractivity contribution in [1.29, 1.82) is 0 Å². The number of carbonyl (C=O) groups is 4. The summed E-state index contributed by atoms with van der Waals surface area (Å²) in [5.41, 5.74) is 0.146. The Bertz CT molecular complexity index is 1030. The van der Waals surface area contributed by atoms with Crippen LogP contribution in [-0.2, 0) is 23.7 Å². The molecule has 34 heavy (non-hydrogen) atoms. The molecule has 2 N–H and O–H groups in total. The van der Waals surface area contributed by atoms with Crippen molar-refractivity contribution in [2.24, 2.45) is 5.92 Å². The third-order valence-electron chi connectivity index (χ3n) is 6.95. The smallest absolute Gasteiger partial charge is 0.599 e. The summed E-state index contributed by atoms with van der Waals surface area (Å²) in [7, 11) is 1.81. The third kappa shape index (κ3) is 4.06. The van der Waals surface area contributed by atoms with Crippen LogP contribution < -0.4 is 10.6 Å². The molecule has 1 aromatic rings. The van der Waals surface area contributed by atoms with E-state index in [4.69, 9.17) is 32.5 Å². The first-order valence-electron chi connectivity index (χ1n) is 11.1. The Labute approximate surface area is 211 Å². The lowest BCUT2D eigenvalue weighted by atomic mass is 9.57. The van der Waals surface area contributed by atoms with Gasteiger partial charge in [-0.1, -0.05) is 37.0 Å². The lowest BCUT2D eigenvalue weighted by Gasteiger charge is -2.51. The van der Waals surface area contributed by atoms with Crippen LogP contribution in [0.2, 0.25) is 10.0 Å². The maximum atomic E-state index is 12.9. The molecule has 3 saturated heterocycles. The van der Waals surface area contributed by atoms with Crippen molar-refractivity contribution in [2.45, 2.75) is 38.3 Å². The van der Waals surface area contributed by atoms with Gasteiger partial charge in [0.1, 0.15) is 0 Å². The van der Waals surface area contributed by atoms with E-state index in [0.29, 0.717) is 22.9 Å². The van der Waals surface area contributed by atoms with E-state index in [2.05, 4.69) is 10.6 Å². The minimum absolute atomic E-state index is 0.0206. The van der Waals surface area contributed by atoms with Crippen LogP contribution in [-0.4, -0.2) is 78.0 Å². The minimum atomic E-state index is -2.52. The van der Waals surface area contributed by atoms with Crippen molar-refractivity contribution >= 4 is 65.4 Å². The summed E-state index contributed by atoms with van der Waals surface area (Å²) in [4.78, 5) is 51.0. The van der Waals surface area contributed by atoms with Crippen molar-refractivity contribution in [1.82, 2.24) is 10.6 Å². The summed E-state index contributed by atoms with van der Waals surface area (Å²) in [6, 6.07) is 3.39. The molecular weight excluding hydrogens is 504 g/mol. The summed E-state index contributed by atoms with van der Waals surface area (Å²) in [5.74, 6) is -1.50. The summed E-state index contributed by atoms with van der Waals surface area (Å²) in [6.45, 7) is 1.05. The van der Waals surface area contributed by atoms with Crippen LogP contribution in [0.1, 0.15) is 30.6 Å². The number of halogens is 2. The molecule has 3 atom stereocenters. The molecule has 4 rings (SSSR count). The molecule has 0 spiro atoms. The zero-order valence-electron chi connectivity index (χ0n) is 19.0. The second kappa shape index (κ2) is 9.25. The van der Waals surface area contributed by atoms with E-state index in [0.717, 1.165) is 0 Å². The van der Waals surface area contributed by atoms with Gasteiger partial charge in [-0.2, -0.15) is 0 Å². The number of nitrogens with zero attached hydrogens (tertiary/aromatic N) is 1. The van der Waals surface area contributed by atoms with Crippen LogP contribution in [0, 0.1) is 5.92 Å². The van der Waals surface area contributed by atoms with E-state index in [9.17, 15) is 19.2 Å². The summed E-state index contributed by atoms with van der Waals surface area (Å²) >= 11 is 13.5. The van der Waals surface area contributed by atoms with E-state index in [1.165, 1.54) is 23.9 Å². The maximum absolute atomic E-state index is 12.9. The Morgan fingerprint density at radius 3 is 2.38 bits per heavy atom. The van der Waals surface area contributed by atoms with Gasteiger partial charge in [0.2, 0.25) is 5.91 Å². The van der Waals surface area contributed by atoms with E-state index >= 15 is 0 Å². The van der Waals surface area contributed by atoms with E-state index in [1.54, 1.807) is 6.07 Å². The first kappa shape index (κ1) is 25.2. The predicted molar refractivity (Wildman–Crippen MR) is 129 cm³/mol.